The summed E-state index contributed by atoms with van der Waals surface area (Å²) in [6, 6.07) is 13.3. The normalized spacial score (nSPS) is 21.8. The predicted molar refractivity (Wildman–Crippen MR) is 104 cm³/mol. The fourth-order valence-corrected chi connectivity index (χ4v) is 4.70. The number of carbonyl (C=O) groups excluding carboxylic acids is 2. The molecule has 2 atom stereocenters. The van der Waals surface area contributed by atoms with E-state index >= 15 is 0 Å². The summed E-state index contributed by atoms with van der Waals surface area (Å²) in [6.45, 7) is 2.20. The average molecular weight is 366 g/mol. The Morgan fingerprint density at radius 3 is 2.77 bits per heavy atom. The first-order valence-electron chi connectivity index (χ1n) is 9.15. The number of nitrogens with one attached hydrogen (secondary N) is 2. The topological polar surface area (TPSA) is 58.2 Å². The molecule has 4 nitrogen and oxygen atoms in total. The van der Waals surface area contributed by atoms with Crippen molar-refractivity contribution >= 4 is 29.3 Å². The Hall–Kier alpha value is -2.27. The van der Waals surface area contributed by atoms with Crippen molar-refractivity contribution in [3.8, 4) is 0 Å². The van der Waals surface area contributed by atoms with Crippen molar-refractivity contribution in [2.24, 2.45) is 5.92 Å². The molecule has 0 spiro atoms. The number of rotatable bonds is 2. The van der Waals surface area contributed by atoms with Crippen LogP contribution in [-0.2, 0) is 0 Å². The van der Waals surface area contributed by atoms with Crippen molar-refractivity contribution in [1.82, 2.24) is 5.32 Å². The molecule has 0 aromatic heterocycles. The first-order valence-corrected chi connectivity index (χ1v) is 9.96. The lowest BCUT2D eigenvalue weighted by Crippen LogP contribution is -2.41. The monoisotopic (exact) mass is 366 g/mol. The van der Waals surface area contributed by atoms with Crippen molar-refractivity contribution in [1.29, 1.82) is 0 Å². The van der Waals surface area contributed by atoms with Gasteiger partial charge >= 0.3 is 0 Å². The highest BCUT2D eigenvalue weighted by atomic mass is 32.2. The van der Waals surface area contributed by atoms with E-state index in [9.17, 15) is 9.59 Å². The molecule has 5 heteroatoms. The van der Waals surface area contributed by atoms with Crippen LogP contribution in [0.2, 0.25) is 0 Å². The van der Waals surface area contributed by atoms with Gasteiger partial charge in [-0.1, -0.05) is 43.7 Å². The molecule has 1 aliphatic heterocycles. The van der Waals surface area contributed by atoms with Crippen LogP contribution in [0.5, 0.6) is 0 Å². The van der Waals surface area contributed by atoms with Gasteiger partial charge in [-0.25, -0.2) is 0 Å². The van der Waals surface area contributed by atoms with Crippen LogP contribution in [-0.4, -0.2) is 17.9 Å². The van der Waals surface area contributed by atoms with E-state index in [-0.39, 0.29) is 17.9 Å². The number of benzene rings is 2. The number of carbonyl (C=O) groups is 2. The van der Waals surface area contributed by atoms with Gasteiger partial charge < -0.3 is 10.6 Å². The molecule has 2 amide bonds. The molecule has 134 valence electrons. The van der Waals surface area contributed by atoms with Gasteiger partial charge in [0, 0.05) is 21.4 Å². The largest absolute Gasteiger partial charge is 0.349 e. The van der Waals surface area contributed by atoms with Crippen LogP contribution in [0.15, 0.2) is 52.3 Å². The molecule has 1 saturated carbocycles. The molecular weight excluding hydrogens is 344 g/mol. The standard InChI is InChI=1S/C21H22N2O2S/c1-13-6-2-4-8-16(13)22-20(24)14-10-11-19-17(12-14)23-21(25)15-7-3-5-9-18(15)26-19/h3,5,7,9-13,16H,2,4,6,8H2,1H3,(H,22,24)(H,23,25)/t13-,16-/m1/s1. The Morgan fingerprint density at radius 1 is 1.12 bits per heavy atom. The number of anilines is 1. The summed E-state index contributed by atoms with van der Waals surface area (Å²) in [4.78, 5) is 27.1. The maximum atomic E-state index is 12.7. The summed E-state index contributed by atoms with van der Waals surface area (Å²) in [7, 11) is 0. The van der Waals surface area contributed by atoms with Gasteiger partial charge in [0.15, 0.2) is 0 Å². The maximum Gasteiger partial charge on any atom is 0.256 e. The third kappa shape index (κ3) is 3.36. The van der Waals surface area contributed by atoms with Crippen molar-refractivity contribution in [3.63, 3.8) is 0 Å². The van der Waals surface area contributed by atoms with Crippen molar-refractivity contribution < 1.29 is 9.59 Å². The van der Waals surface area contributed by atoms with Crippen LogP contribution in [0.3, 0.4) is 0 Å². The molecule has 0 bridgehead atoms. The van der Waals surface area contributed by atoms with Gasteiger partial charge in [-0.05, 0) is 49.1 Å². The Morgan fingerprint density at radius 2 is 1.92 bits per heavy atom. The summed E-state index contributed by atoms with van der Waals surface area (Å²) >= 11 is 1.55. The maximum absolute atomic E-state index is 12.7. The zero-order valence-corrected chi connectivity index (χ0v) is 15.6. The van der Waals surface area contributed by atoms with E-state index in [1.165, 1.54) is 19.3 Å². The quantitative estimate of drug-likeness (QED) is 0.809. The van der Waals surface area contributed by atoms with E-state index in [1.54, 1.807) is 17.8 Å². The lowest BCUT2D eigenvalue weighted by molar-refractivity contribution is 0.0909. The van der Waals surface area contributed by atoms with Gasteiger partial charge in [-0.2, -0.15) is 0 Å². The molecule has 1 aliphatic carbocycles. The molecule has 0 saturated heterocycles. The summed E-state index contributed by atoms with van der Waals surface area (Å²) in [5.41, 5.74) is 1.95. The van der Waals surface area contributed by atoms with Gasteiger partial charge in [0.1, 0.15) is 0 Å². The number of hydrogen-bond acceptors (Lipinski definition) is 3. The first-order chi connectivity index (χ1) is 12.6. The summed E-state index contributed by atoms with van der Waals surface area (Å²) in [5.74, 6) is 0.316. The van der Waals surface area contributed by atoms with Crippen molar-refractivity contribution in [3.05, 3.63) is 53.6 Å². The molecule has 2 aromatic carbocycles. The molecule has 1 fully saturated rings. The van der Waals surface area contributed by atoms with Crippen molar-refractivity contribution in [2.45, 2.75) is 48.4 Å². The smallest absolute Gasteiger partial charge is 0.256 e. The van der Waals surface area contributed by atoms with E-state index in [0.717, 1.165) is 16.2 Å². The minimum Gasteiger partial charge on any atom is -0.349 e. The Labute approximate surface area is 157 Å². The highest BCUT2D eigenvalue weighted by molar-refractivity contribution is 7.99. The van der Waals surface area contributed by atoms with E-state index in [4.69, 9.17) is 0 Å². The van der Waals surface area contributed by atoms with Gasteiger partial charge in [0.05, 0.1) is 11.3 Å². The molecule has 2 aromatic rings. The first kappa shape index (κ1) is 17.2. The molecule has 0 unspecified atom stereocenters. The molecule has 0 radical (unpaired) electrons. The zero-order valence-electron chi connectivity index (χ0n) is 14.7. The van der Waals surface area contributed by atoms with Gasteiger partial charge in [0.25, 0.3) is 11.8 Å². The summed E-state index contributed by atoms with van der Waals surface area (Å²) in [5, 5.41) is 6.12. The SMILES string of the molecule is C[C@@H]1CCCC[C@H]1NC(=O)c1ccc2c(c1)NC(=O)c1ccccc1S2. The molecule has 1 heterocycles. The van der Waals surface area contributed by atoms with Gasteiger partial charge in [-0.3, -0.25) is 9.59 Å². The molecule has 26 heavy (non-hydrogen) atoms. The summed E-state index contributed by atoms with van der Waals surface area (Å²) < 4.78 is 0. The third-order valence-electron chi connectivity index (χ3n) is 5.27. The highest BCUT2D eigenvalue weighted by Crippen LogP contribution is 2.39. The van der Waals surface area contributed by atoms with Crippen LogP contribution in [0, 0.1) is 5.92 Å². The third-order valence-corrected chi connectivity index (χ3v) is 6.42. The van der Waals surface area contributed by atoms with E-state index in [0.29, 0.717) is 22.7 Å². The highest BCUT2D eigenvalue weighted by Gasteiger charge is 2.24. The van der Waals surface area contributed by atoms with Crippen LogP contribution in [0.4, 0.5) is 5.69 Å². The summed E-state index contributed by atoms with van der Waals surface area (Å²) in [6.07, 6.45) is 4.63. The number of hydrogen-bond donors (Lipinski definition) is 2. The average Bonchev–Trinajstić information content (AvgIpc) is 2.79. The zero-order chi connectivity index (χ0) is 18.1. The Balaban J connectivity index is 1.57. The fraction of sp³-hybridized carbons (Fsp3) is 0.333. The van der Waals surface area contributed by atoms with Crippen LogP contribution in [0.25, 0.3) is 0 Å². The van der Waals surface area contributed by atoms with Crippen molar-refractivity contribution in [2.75, 3.05) is 5.32 Å². The van der Waals surface area contributed by atoms with E-state index in [2.05, 4.69) is 17.6 Å². The minimum atomic E-state index is -0.134. The lowest BCUT2D eigenvalue weighted by Gasteiger charge is -2.29. The van der Waals surface area contributed by atoms with E-state index in [1.807, 2.05) is 36.4 Å². The van der Waals surface area contributed by atoms with E-state index < -0.39 is 0 Å². The van der Waals surface area contributed by atoms with Crippen LogP contribution < -0.4 is 10.6 Å². The number of amides is 2. The van der Waals surface area contributed by atoms with Gasteiger partial charge in [-0.15, -0.1) is 0 Å². The van der Waals surface area contributed by atoms with Crippen LogP contribution >= 0.6 is 11.8 Å². The molecular formula is C21H22N2O2S. The second-order valence-corrected chi connectivity index (χ2v) is 8.19. The number of fused-ring (bicyclic) bond motifs is 2. The minimum absolute atomic E-state index is 0.0624. The molecule has 4 rings (SSSR count). The lowest BCUT2D eigenvalue weighted by atomic mass is 9.86. The Bertz CT molecular complexity index is 865. The second-order valence-electron chi connectivity index (χ2n) is 7.10. The predicted octanol–water partition coefficient (Wildman–Crippen LogP) is 4.71. The molecule has 2 aliphatic rings. The van der Waals surface area contributed by atoms with Gasteiger partial charge in [0.2, 0.25) is 0 Å². The fourth-order valence-electron chi connectivity index (χ4n) is 3.69. The second kappa shape index (κ2) is 7.16. The van der Waals surface area contributed by atoms with Crippen LogP contribution in [0.1, 0.15) is 53.3 Å². The molecule has 2 N–H and O–H groups in total. The Kier molecular flexibility index (Phi) is 4.72.